The second-order valence-corrected chi connectivity index (χ2v) is 17.3. The summed E-state index contributed by atoms with van der Waals surface area (Å²) in [4.78, 5) is 2.49. The van der Waals surface area contributed by atoms with Gasteiger partial charge in [-0.3, -0.25) is 0 Å². The third-order valence-corrected chi connectivity index (χ3v) is 11.8. The van der Waals surface area contributed by atoms with Gasteiger partial charge in [0.25, 0.3) is 0 Å². The summed E-state index contributed by atoms with van der Waals surface area (Å²) in [6, 6.07) is 47.5. The Morgan fingerprint density at radius 1 is 0.531 bits per heavy atom. The summed E-state index contributed by atoms with van der Waals surface area (Å²) in [5.74, 6) is 0. The van der Waals surface area contributed by atoms with Crippen molar-refractivity contribution in [2.24, 2.45) is 0 Å². The molecule has 0 saturated carbocycles. The Morgan fingerprint density at radius 2 is 1.16 bits per heavy atom. The van der Waals surface area contributed by atoms with E-state index in [0.29, 0.717) is 0 Å². The number of rotatable bonds is 4. The van der Waals surface area contributed by atoms with Gasteiger partial charge in [-0.25, -0.2) is 0 Å². The summed E-state index contributed by atoms with van der Waals surface area (Å²) in [5, 5.41) is 2.62. The van der Waals surface area contributed by atoms with Gasteiger partial charge < -0.3 is 4.90 Å². The van der Waals surface area contributed by atoms with Crippen LogP contribution in [0, 0.1) is 0 Å². The maximum absolute atomic E-state index is 2.51. The van der Waals surface area contributed by atoms with Crippen molar-refractivity contribution in [3.05, 3.63) is 150 Å². The van der Waals surface area contributed by atoms with Crippen LogP contribution in [0.25, 0.3) is 42.4 Å². The molecular formula is C47H45NS. The molecule has 0 atom stereocenters. The molecule has 0 spiro atoms. The number of fused-ring (bicyclic) bond motifs is 6. The van der Waals surface area contributed by atoms with Crippen LogP contribution >= 0.6 is 11.3 Å². The van der Waals surface area contributed by atoms with Crippen molar-refractivity contribution in [3.8, 4) is 22.3 Å². The van der Waals surface area contributed by atoms with E-state index in [-0.39, 0.29) is 16.2 Å². The van der Waals surface area contributed by atoms with Gasteiger partial charge in [0.05, 0.1) is 16.1 Å². The smallest absolute Gasteiger partial charge is 0.0640 e. The number of anilines is 3. The molecule has 0 saturated heterocycles. The third kappa shape index (κ3) is 5.03. The van der Waals surface area contributed by atoms with Crippen molar-refractivity contribution in [1.29, 1.82) is 0 Å². The zero-order chi connectivity index (χ0) is 34.3. The highest BCUT2D eigenvalue weighted by molar-refractivity contribution is 7.26. The van der Waals surface area contributed by atoms with Crippen molar-refractivity contribution < 1.29 is 0 Å². The van der Waals surface area contributed by atoms with Crippen LogP contribution in [0.3, 0.4) is 0 Å². The molecule has 0 amide bonds. The van der Waals surface area contributed by atoms with Crippen LogP contribution in [0.5, 0.6) is 0 Å². The quantitative estimate of drug-likeness (QED) is 0.182. The first-order valence-electron chi connectivity index (χ1n) is 17.5. The molecule has 2 heteroatoms. The molecule has 49 heavy (non-hydrogen) atoms. The molecule has 7 aromatic rings. The van der Waals surface area contributed by atoms with Gasteiger partial charge in [0.1, 0.15) is 0 Å². The number of para-hydroxylation sites is 2. The van der Waals surface area contributed by atoms with E-state index in [0.717, 1.165) is 5.69 Å². The first-order chi connectivity index (χ1) is 23.4. The van der Waals surface area contributed by atoms with E-state index in [2.05, 4.69) is 188 Å². The van der Waals surface area contributed by atoms with E-state index in [4.69, 9.17) is 0 Å². The molecule has 8 rings (SSSR count). The first kappa shape index (κ1) is 31.6. The topological polar surface area (TPSA) is 3.24 Å². The second kappa shape index (κ2) is 11.2. The highest BCUT2D eigenvalue weighted by Gasteiger charge is 2.41. The Balaban J connectivity index is 1.43. The number of hydrogen-bond donors (Lipinski definition) is 0. The molecule has 1 nitrogen and oxygen atoms in total. The van der Waals surface area contributed by atoms with E-state index < -0.39 is 0 Å². The summed E-state index contributed by atoms with van der Waals surface area (Å²) in [7, 11) is 0. The van der Waals surface area contributed by atoms with Crippen LogP contribution in [0.2, 0.25) is 0 Å². The molecule has 1 aliphatic carbocycles. The predicted octanol–water partition coefficient (Wildman–Crippen LogP) is 14.1. The third-order valence-electron chi connectivity index (χ3n) is 10.5. The van der Waals surface area contributed by atoms with Crippen LogP contribution in [0.15, 0.2) is 127 Å². The van der Waals surface area contributed by atoms with Crippen molar-refractivity contribution >= 4 is 48.6 Å². The molecule has 0 radical (unpaired) electrons. The van der Waals surface area contributed by atoms with E-state index >= 15 is 0 Å². The average molecular weight is 656 g/mol. The Kier molecular flexibility index (Phi) is 7.21. The van der Waals surface area contributed by atoms with Crippen LogP contribution in [-0.2, 0) is 16.2 Å². The van der Waals surface area contributed by atoms with Gasteiger partial charge in [0.2, 0.25) is 0 Å². The zero-order valence-electron chi connectivity index (χ0n) is 30.0. The lowest BCUT2D eigenvalue weighted by atomic mass is 9.74. The largest absolute Gasteiger partial charge is 0.308 e. The standard InChI is InChI=1S/C47H45NS/c1-45(2,3)30-28-37(46(4,5)6)43-38(29-30)47(7,8)36-24-16-22-34(42(36)43)32-20-12-14-25-39(32)48(31-18-10-9-11-19-31)40-26-17-23-35-33-21-13-15-27-41(33)49-44(35)40/h9-29H,1-8H3. The maximum atomic E-state index is 2.51. The molecule has 1 aliphatic rings. The number of benzene rings is 6. The lowest BCUT2D eigenvalue weighted by Crippen LogP contribution is -2.21. The average Bonchev–Trinajstić information content (AvgIpc) is 3.57. The zero-order valence-corrected chi connectivity index (χ0v) is 30.8. The minimum atomic E-state index is -0.126. The lowest BCUT2D eigenvalue weighted by Gasteiger charge is -2.31. The van der Waals surface area contributed by atoms with Gasteiger partial charge in [-0.2, -0.15) is 0 Å². The molecule has 0 aliphatic heterocycles. The number of nitrogens with zero attached hydrogens (tertiary/aromatic N) is 1. The van der Waals surface area contributed by atoms with Crippen molar-refractivity contribution in [2.45, 2.75) is 71.6 Å². The Bertz CT molecular complexity index is 2380. The fourth-order valence-electron chi connectivity index (χ4n) is 7.93. The van der Waals surface area contributed by atoms with Crippen LogP contribution in [0.4, 0.5) is 17.1 Å². The first-order valence-corrected chi connectivity index (χ1v) is 18.4. The summed E-state index contributed by atoms with van der Waals surface area (Å²) in [5.41, 5.74) is 14.5. The summed E-state index contributed by atoms with van der Waals surface area (Å²) in [6.45, 7) is 19.0. The highest BCUT2D eigenvalue weighted by Crippen LogP contribution is 2.57. The van der Waals surface area contributed by atoms with Gasteiger partial charge >= 0.3 is 0 Å². The minimum Gasteiger partial charge on any atom is -0.308 e. The Morgan fingerprint density at radius 3 is 1.92 bits per heavy atom. The Labute approximate surface area is 295 Å². The lowest BCUT2D eigenvalue weighted by molar-refractivity contribution is 0.564. The molecule has 244 valence electrons. The summed E-state index contributed by atoms with van der Waals surface area (Å²) in [6.07, 6.45) is 0. The van der Waals surface area contributed by atoms with Gasteiger partial charge in [0.15, 0.2) is 0 Å². The fraction of sp³-hybridized carbons (Fsp3) is 0.234. The number of hydrogen-bond acceptors (Lipinski definition) is 2. The molecule has 1 aromatic heterocycles. The van der Waals surface area contributed by atoms with Crippen LogP contribution in [-0.4, -0.2) is 0 Å². The Hall–Kier alpha value is -4.66. The molecule has 0 bridgehead atoms. The SMILES string of the molecule is CC(C)(C)c1cc(C(C)(C)C)c2c(c1)C(C)(C)c1cccc(-c3ccccc3N(c3ccccc3)c3cccc4c3sc3ccccc34)c1-2. The molecular weight excluding hydrogens is 611 g/mol. The molecule has 0 fully saturated rings. The van der Waals surface area contributed by atoms with Crippen LogP contribution in [0.1, 0.15) is 77.6 Å². The molecule has 0 N–H and O–H groups in total. The van der Waals surface area contributed by atoms with Crippen LogP contribution < -0.4 is 4.90 Å². The molecule has 6 aromatic carbocycles. The van der Waals surface area contributed by atoms with Gasteiger partial charge in [-0.05, 0) is 80.1 Å². The van der Waals surface area contributed by atoms with Crippen molar-refractivity contribution in [1.82, 2.24) is 0 Å². The van der Waals surface area contributed by atoms with E-state index in [1.165, 1.54) is 76.1 Å². The van der Waals surface area contributed by atoms with Crippen molar-refractivity contribution in [2.75, 3.05) is 4.90 Å². The monoisotopic (exact) mass is 655 g/mol. The van der Waals surface area contributed by atoms with Crippen molar-refractivity contribution in [3.63, 3.8) is 0 Å². The highest BCUT2D eigenvalue weighted by atomic mass is 32.1. The van der Waals surface area contributed by atoms with E-state index in [1.54, 1.807) is 0 Å². The molecule has 1 heterocycles. The van der Waals surface area contributed by atoms with Gasteiger partial charge in [0, 0.05) is 32.1 Å². The van der Waals surface area contributed by atoms with Gasteiger partial charge in [-0.15, -0.1) is 11.3 Å². The van der Waals surface area contributed by atoms with E-state index in [1.807, 2.05) is 11.3 Å². The maximum Gasteiger partial charge on any atom is 0.0640 e. The molecule has 0 unspecified atom stereocenters. The van der Waals surface area contributed by atoms with Gasteiger partial charge in [-0.1, -0.05) is 152 Å². The second-order valence-electron chi connectivity index (χ2n) is 16.2. The normalized spacial score (nSPS) is 13.9. The minimum absolute atomic E-state index is 0.0252. The summed E-state index contributed by atoms with van der Waals surface area (Å²) >= 11 is 1.88. The predicted molar refractivity (Wildman–Crippen MR) is 214 cm³/mol. The summed E-state index contributed by atoms with van der Waals surface area (Å²) < 4.78 is 2.62. The van der Waals surface area contributed by atoms with E-state index in [9.17, 15) is 0 Å². The fourth-order valence-corrected chi connectivity index (χ4v) is 9.14. The number of thiophene rings is 1.